The van der Waals surface area contributed by atoms with Crippen molar-refractivity contribution >= 4 is 51.4 Å². The van der Waals surface area contributed by atoms with Crippen molar-refractivity contribution in [2.24, 2.45) is 16.0 Å². The highest BCUT2D eigenvalue weighted by atomic mass is 32.2. The Morgan fingerprint density at radius 2 is 1.87 bits per heavy atom. The molecule has 0 aliphatic heterocycles. The lowest BCUT2D eigenvalue weighted by atomic mass is 10.1. The second-order valence-corrected chi connectivity index (χ2v) is 9.79. The summed E-state index contributed by atoms with van der Waals surface area (Å²) in [5.74, 6) is -5.50. The van der Waals surface area contributed by atoms with E-state index in [1.807, 2.05) is 0 Å². The van der Waals surface area contributed by atoms with Gasteiger partial charge >= 0.3 is 11.9 Å². The maximum atomic E-state index is 12.9. The number of pyridine rings is 1. The van der Waals surface area contributed by atoms with Gasteiger partial charge in [-0.2, -0.15) is 0 Å². The Bertz CT molecular complexity index is 1440. The van der Waals surface area contributed by atoms with Crippen LogP contribution in [0.25, 0.3) is 0 Å². The Balaban J connectivity index is 2.58. The minimum absolute atomic E-state index is 0.155. The predicted molar refractivity (Wildman–Crippen MR) is 126 cm³/mol. The lowest BCUT2D eigenvalue weighted by molar-refractivity contribution is -0.434. The van der Waals surface area contributed by atoms with E-state index in [0.29, 0.717) is 4.57 Å². The molecule has 0 saturated carbocycles. The third-order valence-electron chi connectivity index (χ3n) is 4.81. The van der Waals surface area contributed by atoms with E-state index in [-0.39, 0.29) is 22.8 Å². The Kier molecular flexibility index (Phi) is 10.4. The fraction of sp³-hybridized carbons (Fsp3) is 0.263. The van der Waals surface area contributed by atoms with Crippen LogP contribution in [0.3, 0.4) is 0 Å². The van der Waals surface area contributed by atoms with Crippen molar-refractivity contribution in [1.82, 2.24) is 4.57 Å². The minimum atomic E-state index is -4.06. The average molecular weight is 577 g/mol. The molecule has 2 rings (SSSR count). The molecule has 0 unspecified atom stereocenters. The number of benzene rings is 1. The van der Waals surface area contributed by atoms with E-state index in [0.717, 1.165) is 18.2 Å². The number of rotatable bonds is 14. The SMILES string of the molecule is Cc1c(C(N)=O)c(O)n(CCC(=O)O)c(=O)c1N=Nc1cc(S(=O)(=O)CCOSOOO)ccc1C(=O)O. The molecule has 0 fully saturated rings. The van der Waals surface area contributed by atoms with Crippen molar-refractivity contribution in [3.8, 4) is 5.88 Å². The van der Waals surface area contributed by atoms with Gasteiger partial charge in [-0.05, 0) is 25.1 Å². The molecule has 206 valence electrons. The summed E-state index contributed by atoms with van der Waals surface area (Å²) in [6.07, 6.45) is -0.615. The highest BCUT2D eigenvalue weighted by Gasteiger charge is 2.24. The molecule has 0 bridgehead atoms. The van der Waals surface area contributed by atoms with Crippen molar-refractivity contribution in [3.63, 3.8) is 0 Å². The van der Waals surface area contributed by atoms with Gasteiger partial charge in [-0.3, -0.25) is 23.1 Å². The summed E-state index contributed by atoms with van der Waals surface area (Å²) >= 11 is 0.155. The summed E-state index contributed by atoms with van der Waals surface area (Å²) in [5.41, 5.74) is 1.86. The van der Waals surface area contributed by atoms with E-state index in [2.05, 4.69) is 19.6 Å². The monoisotopic (exact) mass is 576 g/mol. The van der Waals surface area contributed by atoms with Crippen LogP contribution in [0, 0.1) is 6.92 Å². The van der Waals surface area contributed by atoms with Gasteiger partial charge in [0.15, 0.2) is 27.8 Å². The largest absolute Gasteiger partial charge is 0.494 e. The molecule has 0 radical (unpaired) electrons. The third-order valence-corrected chi connectivity index (χ3v) is 6.87. The van der Waals surface area contributed by atoms with Crippen LogP contribution in [0.4, 0.5) is 11.4 Å². The molecular weight excluding hydrogens is 556 g/mol. The van der Waals surface area contributed by atoms with Crippen molar-refractivity contribution in [2.45, 2.75) is 24.8 Å². The van der Waals surface area contributed by atoms with E-state index >= 15 is 0 Å². The molecular formula is C19H20N4O13S2. The summed E-state index contributed by atoms with van der Waals surface area (Å²) in [6, 6.07) is 2.80. The highest BCUT2D eigenvalue weighted by molar-refractivity contribution is 7.91. The number of hydrogen-bond acceptors (Lipinski definition) is 14. The van der Waals surface area contributed by atoms with E-state index in [9.17, 15) is 37.8 Å². The number of sulfone groups is 1. The first-order valence-electron chi connectivity index (χ1n) is 10.1. The number of nitrogens with zero attached hydrogens (tertiary/aromatic N) is 3. The molecule has 0 saturated heterocycles. The van der Waals surface area contributed by atoms with Crippen LogP contribution in [0.1, 0.15) is 32.7 Å². The van der Waals surface area contributed by atoms with Crippen LogP contribution in [-0.2, 0) is 34.7 Å². The first kappa shape index (κ1) is 30.3. The summed E-state index contributed by atoms with van der Waals surface area (Å²) in [4.78, 5) is 47.0. The van der Waals surface area contributed by atoms with E-state index in [4.69, 9.17) is 20.3 Å². The molecule has 0 aliphatic carbocycles. The van der Waals surface area contributed by atoms with Crippen molar-refractivity contribution < 1.29 is 56.9 Å². The second-order valence-electron chi connectivity index (χ2n) is 7.17. The van der Waals surface area contributed by atoms with Gasteiger partial charge in [0, 0.05) is 12.1 Å². The first-order chi connectivity index (χ1) is 17.8. The highest BCUT2D eigenvalue weighted by Crippen LogP contribution is 2.30. The Morgan fingerprint density at radius 3 is 2.45 bits per heavy atom. The molecule has 1 heterocycles. The lowest BCUT2D eigenvalue weighted by Crippen LogP contribution is -2.26. The Labute approximate surface area is 217 Å². The van der Waals surface area contributed by atoms with Crippen LogP contribution >= 0.6 is 12.3 Å². The number of carboxylic acids is 2. The number of carbonyl (C=O) groups excluding carboxylic acids is 1. The molecule has 0 atom stereocenters. The zero-order valence-corrected chi connectivity index (χ0v) is 20.9. The fourth-order valence-electron chi connectivity index (χ4n) is 3.03. The number of hydrogen-bond donors (Lipinski definition) is 5. The van der Waals surface area contributed by atoms with Crippen molar-refractivity contribution in [1.29, 1.82) is 0 Å². The maximum absolute atomic E-state index is 12.9. The summed E-state index contributed by atoms with van der Waals surface area (Å²) in [7, 11) is -4.06. The van der Waals surface area contributed by atoms with E-state index in [1.54, 1.807) is 0 Å². The van der Waals surface area contributed by atoms with Gasteiger partial charge < -0.3 is 21.1 Å². The summed E-state index contributed by atoms with van der Waals surface area (Å²) in [6.45, 7) is 0.207. The molecule has 1 aromatic heterocycles. The van der Waals surface area contributed by atoms with Crippen LogP contribution in [0.15, 0.2) is 38.1 Å². The number of amides is 1. The summed E-state index contributed by atoms with van der Waals surface area (Å²) in [5, 5.41) is 47.4. The maximum Gasteiger partial charge on any atom is 0.337 e. The number of primary amides is 1. The number of aromatic hydroxyl groups is 1. The average Bonchev–Trinajstić information content (AvgIpc) is 2.83. The predicted octanol–water partition coefficient (Wildman–Crippen LogP) is 1.32. The van der Waals surface area contributed by atoms with Gasteiger partial charge in [0.25, 0.3) is 11.5 Å². The van der Waals surface area contributed by atoms with Crippen molar-refractivity contribution in [3.05, 3.63) is 45.2 Å². The van der Waals surface area contributed by atoms with Crippen LogP contribution < -0.4 is 11.3 Å². The van der Waals surface area contributed by atoms with Crippen LogP contribution in [0.5, 0.6) is 5.88 Å². The minimum Gasteiger partial charge on any atom is -0.494 e. The van der Waals surface area contributed by atoms with Gasteiger partial charge in [0.1, 0.15) is 11.3 Å². The normalized spacial score (nSPS) is 11.6. The van der Waals surface area contributed by atoms with E-state index < -0.39 is 86.9 Å². The standard InChI is InChI=1S/C19H20N4O13S2/c1-9-14(16(20)26)17(27)23(5-4-13(24)25)18(28)15(9)22-21-12-8-10(2-3-11(12)19(29)30)38(32,33)7-6-34-37-36-35-31/h2-3,8,27,31H,4-7H2,1H3,(H2,20,26)(H,24,25)(H,29,30). The quantitative estimate of drug-likeness (QED) is 0.0698. The van der Waals surface area contributed by atoms with Crippen LogP contribution in [0.2, 0.25) is 0 Å². The second kappa shape index (κ2) is 13.1. The van der Waals surface area contributed by atoms with Crippen LogP contribution in [-0.4, -0.2) is 63.8 Å². The lowest BCUT2D eigenvalue weighted by Gasteiger charge is -2.14. The summed E-state index contributed by atoms with van der Waals surface area (Å²) < 4.78 is 34.4. The third kappa shape index (κ3) is 7.34. The van der Waals surface area contributed by atoms with Gasteiger partial charge in [0.05, 0.1) is 29.2 Å². The zero-order chi connectivity index (χ0) is 28.6. The fourth-order valence-corrected chi connectivity index (χ4v) is 4.46. The Hall–Kier alpha value is -3.88. The van der Waals surface area contributed by atoms with Gasteiger partial charge in [-0.15, -0.1) is 14.6 Å². The molecule has 17 nitrogen and oxygen atoms in total. The number of carboxylic acid groups (broad SMARTS) is 2. The van der Waals surface area contributed by atoms with Gasteiger partial charge in [-0.1, -0.05) is 5.04 Å². The number of aromatic nitrogens is 1. The Morgan fingerprint density at radius 1 is 1.18 bits per heavy atom. The number of aliphatic carboxylic acids is 1. The molecule has 6 N–H and O–H groups in total. The first-order valence-corrected chi connectivity index (χ1v) is 12.4. The van der Waals surface area contributed by atoms with Gasteiger partial charge in [-0.25, -0.2) is 18.5 Å². The number of azo groups is 1. The number of carbonyl (C=O) groups is 3. The molecule has 0 spiro atoms. The molecule has 1 aromatic carbocycles. The molecule has 19 heteroatoms. The number of nitrogens with two attached hydrogens (primary N) is 1. The zero-order valence-electron chi connectivity index (χ0n) is 19.3. The smallest absolute Gasteiger partial charge is 0.337 e. The van der Waals surface area contributed by atoms with Gasteiger partial charge in [0.2, 0.25) is 5.88 Å². The van der Waals surface area contributed by atoms with Crippen molar-refractivity contribution in [2.75, 3.05) is 12.4 Å². The molecule has 1 amide bonds. The molecule has 0 aliphatic rings. The number of aromatic carboxylic acids is 1. The van der Waals surface area contributed by atoms with E-state index in [1.165, 1.54) is 6.92 Å². The molecule has 38 heavy (non-hydrogen) atoms. The topological polar surface area (TPSA) is 267 Å². The molecule has 2 aromatic rings.